The lowest BCUT2D eigenvalue weighted by Gasteiger charge is -2.03. The normalized spacial score (nSPS) is 9.77. The predicted molar refractivity (Wildman–Crippen MR) is 43.4 cm³/mol. The monoisotopic (exact) mass is 184 g/mol. The molecular weight excluding hydrogens is 175 g/mol. The molecule has 13 heavy (non-hydrogen) atoms. The second-order valence-electron chi connectivity index (χ2n) is 2.34. The smallest absolute Gasteiger partial charge is 0.339 e. The number of methoxy groups -OCH3 is 1. The Hall–Kier alpha value is -1.49. The zero-order chi connectivity index (χ0) is 9.84. The Morgan fingerprint density at radius 3 is 3.00 bits per heavy atom. The zero-order valence-electron chi connectivity index (χ0n) is 7.08. The molecule has 0 aliphatic heterocycles. The highest BCUT2D eigenvalue weighted by atomic mass is 19.1. The van der Waals surface area contributed by atoms with Crippen molar-refractivity contribution in [2.45, 2.75) is 6.54 Å². The molecule has 70 valence electrons. The number of aromatic nitrogens is 1. The minimum atomic E-state index is -0.632. The van der Waals surface area contributed by atoms with E-state index in [1.807, 2.05) is 0 Å². The van der Waals surface area contributed by atoms with E-state index in [4.69, 9.17) is 5.73 Å². The first-order valence-corrected chi connectivity index (χ1v) is 3.62. The summed E-state index contributed by atoms with van der Waals surface area (Å²) in [6, 6.07) is 1.06. The number of carbonyl (C=O) groups is 1. The van der Waals surface area contributed by atoms with Crippen LogP contribution in [0.1, 0.15) is 16.1 Å². The lowest BCUT2D eigenvalue weighted by molar-refractivity contribution is 0.0598. The Morgan fingerprint density at radius 1 is 1.77 bits per heavy atom. The molecule has 0 bridgehead atoms. The Labute approximate surface area is 74.5 Å². The van der Waals surface area contributed by atoms with Crippen LogP contribution < -0.4 is 5.73 Å². The van der Waals surface area contributed by atoms with Crippen molar-refractivity contribution >= 4 is 5.97 Å². The van der Waals surface area contributed by atoms with Crippen LogP contribution in [0.5, 0.6) is 0 Å². The SMILES string of the molecule is COC(=O)c1cc(F)cnc1CN. The van der Waals surface area contributed by atoms with Crippen molar-refractivity contribution in [3.8, 4) is 0 Å². The predicted octanol–water partition coefficient (Wildman–Crippen LogP) is 0.466. The lowest BCUT2D eigenvalue weighted by atomic mass is 10.2. The number of pyridine rings is 1. The number of ether oxygens (including phenoxy) is 1. The molecule has 0 amide bonds. The number of hydrogen-bond acceptors (Lipinski definition) is 4. The van der Waals surface area contributed by atoms with Crippen molar-refractivity contribution < 1.29 is 13.9 Å². The second-order valence-corrected chi connectivity index (χ2v) is 2.34. The van der Waals surface area contributed by atoms with Crippen LogP contribution in [0.15, 0.2) is 12.3 Å². The van der Waals surface area contributed by atoms with Gasteiger partial charge in [-0.2, -0.15) is 0 Å². The molecule has 0 atom stereocenters. The number of esters is 1. The summed E-state index contributed by atoms with van der Waals surface area (Å²) in [5, 5.41) is 0. The van der Waals surface area contributed by atoms with Crippen LogP contribution in [0.25, 0.3) is 0 Å². The molecule has 1 heterocycles. The molecule has 0 aromatic carbocycles. The summed E-state index contributed by atoms with van der Waals surface area (Å²) in [5.74, 6) is -1.22. The summed E-state index contributed by atoms with van der Waals surface area (Å²) in [4.78, 5) is 14.7. The first-order valence-electron chi connectivity index (χ1n) is 3.62. The third-order valence-corrected chi connectivity index (χ3v) is 1.54. The molecule has 2 N–H and O–H groups in total. The van der Waals surface area contributed by atoms with Gasteiger partial charge in [-0.3, -0.25) is 4.98 Å². The van der Waals surface area contributed by atoms with E-state index < -0.39 is 11.8 Å². The molecule has 1 rings (SSSR count). The molecule has 5 heteroatoms. The van der Waals surface area contributed by atoms with E-state index >= 15 is 0 Å². The van der Waals surface area contributed by atoms with Crippen LogP contribution in [-0.2, 0) is 11.3 Å². The van der Waals surface area contributed by atoms with Crippen molar-refractivity contribution in [1.82, 2.24) is 4.98 Å². The fourth-order valence-corrected chi connectivity index (χ4v) is 0.917. The Balaban J connectivity index is 3.15. The van der Waals surface area contributed by atoms with Gasteiger partial charge in [-0.25, -0.2) is 9.18 Å². The van der Waals surface area contributed by atoms with Crippen molar-refractivity contribution in [3.05, 3.63) is 29.3 Å². The minimum Gasteiger partial charge on any atom is -0.465 e. The molecule has 0 aliphatic carbocycles. The van der Waals surface area contributed by atoms with E-state index in [2.05, 4.69) is 9.72 Å². The van der Waals surface area contributed by atoms with Crippen LogP contribution in [0.3, 0.4) is 0 Å². The summed E-state index contributed by atoms with van der Waals surface area (Å²) in [7, 11) is 1.22. The average molecular weight is 184 g/mol. The van der Waals surface area contributed by atoms with Gasteiger partial charge in [-0.15, -0.1) is 0 Å². The molecule has 0 saturated heterocycles. The van der Waals surface area contributed by atoms with E-state index in [0.717, 1.165) is 12.3 Å². The van der Waals surface area contributed by atoms with Gasteiger partial charge in [0.2, 0.25) is 0 Å². The van der Waals surface area contributed by atoms with Crippen molar-refractivity contribution in [2.24, 2.45) is 5.73 Å². The number of hydrogen-bond donors (Lipinski definition) is 1. The van der Waals surface area contributed by atoms with E-state index in [1.54, 1.807) is 0 Å². The third kappa shape index (κ3) is 2.00. The van der Waals surface area contributed by atoms with Gasteiger partial charge in [0.1, 0.15) is 5.82 Å². The number of rotatable bonds is 2. The topological polar surface area (TPSA) is 65.2 Å². The zero-order valence-corrected chi connectivity index (χ0v) is 7.08. The Morgan fingerprint density at radius 2 is 2.46 bits per heavy atom. The van der Waals surface area contributed by atoms with Gasteiger partial charge < -0.3 is 10.5 Å². The van der Waals surface area contributed by atoms with Crippen LogP contribution >= 0.6 is 0 Å². The molecule has 4 nitrogen and oxygen atoms in total. The van der Waals surface area contributed by atoms with Gasteiger partial charge in [0, 0.05) is 6.54 Å². The molecule has 0 unspecified atom stereocenters. The number of nitrogens with two attached hydrogens (primary N) is 1. The quantitative estimate of drug-likeness (QED) is 0.678. The van der Waals surface area contributed by atoms with Gasteiger partial charge in [0.05, 0.1) is 24.6 Å². The average Bonchev–Trinajstić information content (AvgIpc) is 2.16. The summed E-state index contributed by atoms with van der Waals surface area (Å²) < 4.78 is 17.1. The Bertz CT molecular complexity index is 328. The summed E-state index contributed by atoms with van der Waals surface area (Å²) in [5.41, 5.74) is 5.70. The second kappa shape index (κ2) is 3.95. The maximum Gasteiger partial charge on any atom is 0.339 e. The first-order chi connectivity index (χ1) is 6.19. The number of carbonyl (C=O) groups excluding carboxylic acids is 1. The van der Waals surface area contributed by atoms with Crippen LogP contribution in [0.4, 0.5) is 4.39 Å². The summed E-state index contributed by atoms with van der Waals surface area (Å²) >= 11 is 0. The summed E-state index contributed by atoms with van der Waals surface area (Å²) in [6.45, 7) is 0.0741. The van der Waals surface area contributed by atoms with Crippen LogP contribution in [0.2, 0.25) is 0 Å². The van der Waals surface area contributed by atoms with Gasteiger partial charge in [-0.1, -0.05) is 0 Å². The maximum absolute atomic E-state index is 12.7. The highest BCUT2D eigenvalue weighted by Crippen LogP contribution is 2.08. The van der Waals surface area contributed by atoms with E-state index in [1.165, 1.54) is 7.11 Å². The highest BCUT2D eigenvalue weighted by Gasteiger charge is 2.12. The molecular formula is C8H9FN2O2. The van der Waals surface area contributed by atoms with Crippen molar-refractivity contribution in [2.75, 3.05) is 7.11 Å². The molecule has 0 saturated carbocycles. The van der Waals surface area contributed by atoms with Gasteiger partial charge in [-0.05, 0) is 6.07 Å². The molecule has 1 aromatic rings. The largest absolute Gasteiger partial charge is 0.465 e. The minimum absolute atomic E-state index is 0.0741. The highest BCUT2D eigenvalue weighted by molar-refractivity contribution is 5.90. The van der Waals surface area contributed by atoms with Crippen LogP contribution in [-0.4, -0.2) is 18.1 Å². The fourth-order valence-electron chi connectivity index (χ4n) is 0.917. The van der Waals surface area contributed by atoms with E-state index in [0.29, 0.717) is 5.69 Å². The lowest BCUT2D eigenvalue weighted by Crippen LogP contribution is -2.11. The molecule has 0 radical (unpaired) electrons. The molecule has 0 spiro atoms. The maximum atomic E-state index is 12.7. The standard InChI is InChI=1S/C8H9FN2O2/c1-13-8(12)6-2-5(9)4-11-7(6)3-10/h2,4H,3,10H2,1H3. The summed E-state index contributed by atoms with van der Waals surface area (Å²) in [6.07, 6.45) is 1.01. The number of nitrogens with zero attached hydrogens (tertiary/aromatic N) is 1. The van der Waals surface area contributed by atoms with Crippen molar-refractivity contribution in [1.29, 1.82) is 0 Å². The van der Waals surface area contributed by atoms with Crippen molar-refractivity contribution in [3.63, 3.8) is 0 Å². The van der Waals surface area contributed by atoms with Gasteiger partial charge in [0.15, 0.2) is 0 Å². The molecule has 1 aromatic heterocycles. The molecule has 0 aliphatic rings. The Kier molecular flexibility index (Phi) is 2.92. The van der Waals surface area contributed by atoms with Crippen LogP contribution in [0, 0.1) is 5.82 Å². The molecule has 0 fully saturated rings. The number of halogens is 1. The first kappa shape index (κ1) is 9.60. The van der Waals surface area contributed by atoms with Gasteiger partial charge >= 0.3 is 5.97 Å². The third-order valence-electron chi connectivity index (χ3n) is 1.54. The fraction of sp³-hybridized carbons (Fsp3) is 0.250. The van der Waals surface area contributed by atoms with Gasteiger partial charge in [0.25, 0.3) is 0 Å². The van der Waals surface area contributed by atoms with E-state index in [-0.39, 0.29) is 12.1 Å². The van der Waals surface area contributed by atoms with E-state index in [9.17, 15) is 9.18 Å².